The highest BCUT2D eigenvalue weighted by Crippen LogP contribution is 2.89. The normalized spacial score (nSPS) is 49.0. The number of hydrogen-bond acceptors (Lipinski definition) is 9. The molecule has 5 saturated heterocycles. The number of rotatable bonds is 8. The number of nitrogens with zero attached hydrogens (tertiary/aromatic N) is 3. The van der Waals surface area contributed by atoms with Crippen LogP contribution in [-0.4, -0.2) is 133 Å². The lowest BCUT2D eigenvalue weighted by molar-refractivity contribution is -0.257. The standard InChI is InChI=1S/C47H77N3O7/c1-28(2)38(57-41(52)48-17-10-18-48)32-21-29(3)37-39(55-32)40(51)45(9)34-12-11-33-42(4,5)35(13-14-46(33)27-47(34,46)16-15-44(37,45)8)56-36-24-50(19-20-54-36)43(6,7)30-22-49(23-30)31-25-53-26-31/h28-40,51H,10-27H2,1-9H3/t29-,32?,33+,34?,35+,36+,37+,38-,39?,40+,44-,45-,46-,47?/m1/s1. The number of ether oxygens (including phenoxy) is 5. The van der Waals surface area contributed by atoms with Crippen molar-refractivity contribution in [1.82, 2.24) is 14.7 Å². The molecule has 1 N–H and O–H groups in total. The van der Waals surface area contributed by atoms with Gasteiger partial charge in [0.05, 0.1) is 56.8 Å². The van der Waals surface area contributed by atoms with E-state index in [-0.39, 0.29) is 64.5 Å². The summed E-state index contributed by atoms with van der Waals surface area (Å²) in [6, 6.07) is 0.631. The lowest BCUT2D eigenvalue weighted by Gasteiger charge is -2.64. The Hall–Kier alpha value is -1.01. The number of likely N-dealkylation sites (tertiary alicyclic amines) is 2. The predicted octanol–water partition coefficient (Wildman–Crippen LogP) is 6.82. The number of morpholine rings is 1. The van der Waals surface area contributed by atoms with Crippen LogP contribution < -0.4 is 0 Å². The van der Waals surface area contributed by atoms with E-state index in [2.05, 4.69) is 72.1 Å². The van der Waals surface area contributed by atoms with Gasteiger partial charge in [0, 0.05) is 49.6 Å². The highest BCUT2D eigenvalue weighted by atomic mass is 16.7. The molecule has 10 fully saturated rings. The summed E-state index contributed by atoms with van der Waals surface area (Å²) in [7, 11) is 0. The van der Waals surface area contributed by atoms with E-state index >= 15 is 0 Å². The third-order valence-corrected chi connectivity index (χ3v) is 20.4. The molecular weight excluding hydrogens is 719 g/mol. The molecule has 10 heteroatoms. The molecular formula is C47H77N3O7. The smallest absolute Gasteiger partial charge is 0.410 e. The van der Waals surface area contributed by atoms with Gasteiger partial charge in [-0.2, -0.15) is 0 Å². The number of aliphatic hydroxyl groups excluding tert-OH is 1. The fourth-order valence-electron chi connectivity index (χ4n) is 16.5. The number of hydrogen-bond donors (Lipinski definition) is 1. The van der Waals surface area contributed by atoms with Crippen molar-refractivity contribution in [3.05, 3.63) is 0 Å². The average Bonchev–Trinajstić information content (AvgIpc) is 3.72. The molecule has 10 aliphatic rings. The molecule has 0 aromatic heterocycles. The van der Waals surface area contributed by atoms with Crippen LogP contribution in [0, 0.1) is 62.6 Å². The molecule has 322 valence electrons. The van der Waals surface area contributed by atoms with Crippen molar-refractivity contribution in [2.24, 2.45) is 62.6 Å². The van der Waals surface area contributed by atoms with Gasteiger partial charge in [-0.1, -0.05) is 48.5 Å². The molecule has 57 heavy (non-hydrogen) atoms. The third-order valence-electron chi connectivity index (χ3n) is 20.4. The van der Waals surface area contributed by atoms with Gasteiger partial charge in [-0.05, 0) is 123 Å². The summed E-state index contributed by atoms with van der Waals surface area (Å²) in [5.41, 5.74) is 0.594. The van der Waals surface area contributed by atoms with Crippen LogP contribution in [0.4, 0.5) is 4.79 Å². The van der Waals surface area contributed by atoms with Gasteiger partial charge in [-0.3, -0.25) is 9.80 Å². The zero-order valence-electron chi connectivity index (χ0n) is 37.0. The Labute approximate surface area is 343 Å². The lowest BCUT2D eigenvalue weighted by atomic mass is 9.41. The van der Waals surface area contributed by atoms with Crippen molar-refractivity contribution in [1.29, 1.82) is 0 Å². The first-order valence-corrected chi connectivity index (χ1v) is 23.6. The molecule has 2 spiro atoms. The number of carbonyl (C=O) groups excluding carboxylic acids is 1. The third kappa shape index (κ3) is 5.54. The minimum Gasteiger partial charge on any atom is -0.443 e. The summed E-state index contributed by atoms with van der Waals surface area (Å²) in [5.74, 6) is 2.61. The van der Waals surface area contributed by atoms with E-state index in [1.807, 2.05) is 4.90 Å². The Balaban J connectivity index is 0.829. The Morgan fingerprint density at radius 2 is 1.65 bits per heavy atom. The van der Waals surface area contributed by atoms with Gasteiger partial charge in [0.25, 0.3) is 0 Å². The minimum atomic E-state index is -0.522. The molecule has 5 saturated carbocycles. The fraction of sp³-hybridized carbons (Fsp3) is 0.979. The number of aliphatic hydroxyl groups is 1. The van der Waals surface area contributed by atoms with Gasteiger partial charge >= 0.3 is 6.09 Å². The summed E-state index contributed by atoms with van der Waals surface area (Å²) in [4.78, 5) is 20.1. The van der Waals surface area contributed by atoms with Crippen molar-refractivity contribution in [2.45, 2.75) is 168 Å². The van der Waals surface area contributed by atoms with Crippen molar-refractivity contribution in [2.75, 3.05) is 59.1 Å². The second kappa shape index (κ2) is 13.5. The molecule has 4 unspecified atom stereocenters. The first-order valence-electron chi connectivity index (χ1n) is 23.6. The zero-order valence-corrected chi connectivity index (χ0v) is 37.0. The Kier molecular flexibility index (Phi) is 9.49. The Morgan fingerprint density at radius 1 is 0.930 bits per heavy atom. The van der Waals surface area contributed by atoms with Crippen LogP contribution in [0.3, 0.4) is 0 Å². The van der Waals surface area contributed by atoms with Crippen molar-refractivity contribution in [3.8, 4) is 0 Å². The lowest BCUT2D eigenvalue weighted by Crippen LogP contribution is -2.68. The van der Waals surface area contributed by atoms with Gasteiger partial charge in [-0.15, -0.1) is 0 Å². The zero-order chi connectivity index (χ0) is 40.1. The first-order chi connectivity index (χ1) is 27.0. The van der Waals surface area contributed by atoms with Gasteiger partial charge in [0.2, 0.25) is 0 Å². The molecule has 5 aliphatic heterocycles. The number of fused-ring (bicyclic) bond motifs is 4. The van der Waals surface area contributed by atoms with Gasteiger partial charge < -0.3 is 33.7 Å². The highest BCUT2D eigenvalue weighted by molar-refractivity contribution is 5.68. The first kappa shape index (κ1) is 40.1. The van der Waals surface area contributed by atoms with E-state index in [4.69, 9.17) is 23.7 Å². The summed E-state index contributed by atoms with van der Waals surface area (Å²) >= 11 is 0. The second-order valence-corrected chi connectivity index (χ2v) is 23.4. The van der Waals surface area contributed by atoms with E-state index in [0.717, 1.165) is 71.7 Å². The van der Waals surface area contributed by atoms with Gasteiger partial charge in [0.15, 0.2) is 6.29 Å². The molecule has 14 atom stereocenters. The molecule has 0 aromatic rings. The quantitative estimate of drug-likeness (QED) is 0.284. The summed E-state index contributed by atoms with van der Waals surface area (Å²) in [6.07, 6.45) is 8.97. The van der Waals surface area contributed by atoms with Crippen LogP contribution >= 0.6 is 0 Å². The second-order valence-electron chi connectivity index (χ2n) is 23.4. The van der Waals surface area contributed by atoms with E-state index in [1.54, 1.807) is 0 Å². The molecule has 5 aliphatic carbocycles. The highest BCUT2D eigenvalue weighted by Gasteiger charge is 2.84. The van der Waals surface area contributed by atoms with E-state index in [9.17, 15) is 9.90 Å². The maximum atomic E-state index is 13.0. The molecule has 0 radical (unpaired) electrons. The van der Waals surface area contributed by atoms with E-state index < -0.39 is 6.10 Å². The Bertz CT molecular complexity index is 1560. The van der Waals surface area contributed by atoms with E-state index in [1.165, 1.54) is 45.2 Å². The van der Waals surface area contributed by atoms with Crippen LogP contribution in [-0.2, 0) is 23.7 Å². The van der Waals surface area contributed by atoms with Crippen molar-refractivity contribution in [3.63, 3.8) is 0 Å². The molecule has 0 aromatic carbocycles. The van der Waals surface area contributed by atoms with Crippen LogP contribution in [0.1, 0.15) is 120 Å². The largest absolute Gasteiger partial charge is 0.443 e. The van der Waals surface area contributed by atoms with E-state index in [0.29, 0.717) is 46.5 Å². The average molecular weight is 796 g/mol. The summed E-state index contributed by atoms with van der Waals surface area (Å²) in [6.45, 7) is 29.9. The summed E-state index contributed by atoms with van der Waals surface area (Å²) in [5, 5.41) is 12.8. The van der Waals surface area contributed by atoms with Crippen molar-refractivity contribution >= 4 is 6.09 Å². The SMILES string of the molecule is CC(C)[C@@H](OC(=O)N1CCC1)C1C[C@@H](C)[C@H]2C(O1)[C@H](O)[C@@]1(C)C3CC[C@H]4C(C)(C)[C@@H](O[C@H]5CN(C(C)(C)C6CN(C7COC7)C6)CCO5)CC[C@@]45CC35CC[C@]21C. The van der Waals surface area contributed by atoms with Gasteiger partial charge in [-0.25, -0.2) is 4.79 Å². The topological polar surface area (TPSA) is 93.2 Å². The Morgan fingerprint density at radius 3 is 2.32 bits per heavy atom. The van der Waals surface area contributed by atoms with Gasteiger partial charge in [0.1, 0.15) is 6.10 Å². The minimum absolute atomic E-state index is 0.00677. The molecule has 0 bridgehead atoms. The predicted molar refractivity (Wildman–Crippen MR) is 217 cm³/mol. The fourth-order valence-corrected chi connectivity index (χ4v) is 16.5. The van der Waals surface area contributed by atoms with Crippen LogP contribution in [0.5, 0.6) is 0 Å². The van der Waals surface area contributed by atoms with Crippen molar-refractivity contribution < 1.29 is 33.6 Å². The molecule has 10 nitrogen and oxygen atoms in total. The summed E-state index contributed by atoms with van der Waals surface area (Å²) < 4.78 is 32.4. The van der Waals surface area contributed by atoms with Crippen LogP contribution in [0.25, 0.3) is 0 Å². The van der Waals surface area contributed by atoms with Crippen LogP contribution in [0.2, 0.25) is 0 Å². The molecule has 5 heterocycles. The number of carbonyl (C=O) groups is 1. The monoisotopic (exact) mass is 796 g/mol. The molecule has 10 rings (SSSR count). The number of amides is 1. The molecule has 1 amide bonds. The maximum absolute atomic E-state index is 13.0. The van der Waals surface area contributed by atoms with Crippen LogP contribution in [0.15, 0.2) is 0 Å². The maximum Gasteiger partial charge on any atom is 0.410 e.